The summed E-state index contributed by atoms with van der Waals surface area (Å²) in [5, 5.41) is 0. The van der Waals surface area contributed by atoms with Crippen LogP contribution in [0.3, 0.4) is 0 Å². The van der Waals surface area contributed by atoms with Gasteiger partial charge in [0.05, 0.1) is 5.69 Å². The molecule has 1 aliphatic rings. The molecule has 0 amide bonds. The van der Waals surface area contributed by atoms with E-state index in [-0.39, 0.29) is 0 Å². The third-order valence-corrected chi connectivity index (χ3v) is 3.30. The van der Waals surface area contributed by atoms with Crippen molar-refractivity contribution in [3.63, 3.8) is 0 Å². The van der Waals surface area contributed by atoms with Crippen molar-refractivity contribution >= 4 is 11.9 Å². The van der Waals surface area contributed by atoms with Crippen molar-refractivity contribution in [3.8, 4) is 0 Å². The molecular weight excluding hydrogens is 206 g/mol. The van der Waals surface area contributed by atoms with Gasteiger partial charge in [-0.3, -0.25) is 4.99 Å². The normalized spacial score (nSPS) is 12.7. The molecule has 0 fully saturated rings. The van der Waals surface area contributed by atoms with Gasteiger partial charge in [0.15, 0.2) is 0 Å². The van der Waals surface area contributed by atoms with Crippen LogP contribution < -0.4 is 0 Å². The molecule has 1 nitrogen and oxygen atoms in total. The highest BCUT2D eigenvalue weighted by atomic mass is 14.7. The highest BCUT2D eigenvalue weighted by molar-refractivity contribution is 5.76. The Labute approximate surface area is 102 Å². The number of fused-ring (bicyclic) bond motifs is 1. The first kappa shape index (κ1) is 10.3. The Bertz CT molecular complexity index is 541. The van der Waals surface area contributed by atoms with Crippen molar-refractivity contribution in [3.05, 3.63) is 65.2 Å². The third-order valence-electron chi connectivity index (χ3n) is 3.30. The Morgan fingerprint density at radius 2 is 1.76 bits per heavy atom. The minimum atomic E-state index is 1.00. The second kappa shape index (κ2) is 4.54. The predicted octanol–water partition coefficient (Wildman–Crippen LogP) is 3.73. The van der Waals surface area contributed by atoms with Gasteiger partial charge in [-0.2, -0.15) is 0 Å². The average Bonchev–Trinajstić information content (AvgIpc) is 2.86. The highest BCUT2D eigenvalue weighted by Crippen LogP contribution is 2.27. The van der Waals surface area contributed by atoms with Crippen molar-refractivity contribution in [2.75, 3.05) is 0 Å². The Balaban J connectivity index is 1.77. The Kier molecular flexibility index (Phi) is 2.74. The standard InChI is InChI=1S/C16H15N/c1-2-5-13(6-3-1)9-10-14-7-4-8-16-15(14)11-12-17-16/h1-8,12H,9-11H2. The molecule has 0 unspecified atom stereocenters. The zero-order valence-electron chi connectivity index (χ0n) is 9.76. The largest absolute Gasteiger partial charge is 0.261 e. The maximum atomic E-state index is 4.39. The van der Waals surface area contributed by atoms with E-state index in [0.717, 1.165) is 24.9 Å². The molecule has 1 heterocycles. The van der Waals surface area contributed by atoms with Crippen molar-refractivity contribution in [1.82, 2.24) is 0 Å². The molecule has 1 heteroatoms. The Morgan fingerprint density at radius 1 is 0.882 bits per heavy atom. The second-order valence-electron chi connectivity index (χ2n) is 4.42. The molecule has 0 saturated heterocycles. The van der Waals surface area contributed by atoms with E-state index in [0.29, 0.717) is 0 Å². The van der Waals surface area contributed by atoms with E-state index in [1.54, 1.807) is 0 Å². The molecule has 2 aromatic rings. The van der Waals surface area contributed by atoms with Crippen LogP contribution in [0.2, 0.25) is 0 Å². The zero-order chi connectivity index (χ0) is 11.5. The number of rotatable bonds is 3. The fourth-order valence-electron chi connectivity index (χ4n) is 2.37. The Morgan fingerprint density at radius 3 is 2.65 bits per heavy atom. The van der Waals surface area contributed by atoms with Crippen LogP contribution in [-0.4, -0.2) is 6.21 Å². The van der Waals surface area contributed by atoms with Crippen molar-refractivity contribution < 1.29 is 0 Å². The van der Waals surface area contributed by atoms with Gasteiger partial charge in [0.1, 0.15) is 0 Å². The molecule has 0 aromatic heterocycles. The van der Waals surface area contributed by atoms with E-state index in [1.165, 1.54) is 16.7 Å². The lowest BCUT2D eigenvalue weighted by Crippen LogP contribution is -1.95. The molecule has 1 aliphatic heterocycles. The summed E-state index contributed by atoms with van der Waals surface area (Å²) in [6.45, 7) is 0. The highest BCUT2D eigenvalue weighted by Gasteiger charge is 2.10. The molecular formula is C16H15N. The number of hydrogen-bond acceptors (Lipinski definition) is 1. The van der Waals surface area contributed by atoms with Gasteiger partial charge in [-0.05, 0) is 35.6 Å². The first-order valence-electron chi connectivity index (χ1n) is 6.11. The SMILES string of the molecule is C1=Nc2cccc(CCc3ccccc3)c2C1. The van der Waals surface area contributed by atoms with Crippen LogP contribution in [0.5, 0.6) is 0 Å². The molecule has 0 aliphatic carbocycles. The molecule has 84 valence electrons. The summed E-state index contributed by atoms with van der Waals surface area (Å²) in [5.41, 5.74) is 5.44. The monoisotopic (exact) mass is 221 g/mol. The number of nitrogens with zero attached hydrogens (tertiary/aromatic N) is 1. The van der Waals surface area contributed by atoms with Gasteiger partial charge in [0, 0.05) is 12.6 Å². The van der Waals surface area contributed by atoms with Gasteiger partial charge in [-0.15, -0.1) is 0 Å². The smallest absolute Gasteiger partial charge is 0.0664 e. The van der Waals surface area contributed by atoms with Gasteiger partial charge in [0.25, 0.3) is 0 Å². The fourth-order valence-corrected chi connectivity index (χ4v) is 2.37. The molecule has 0 saturated carbocycles. The molecule has 0 N–H and O–H groups in total. The van der Waals surface area contributed by atoms with Crippen LogP contribution in [0.15, 0.2) is 53.5 Å². The van der Waals surface area contributed by atoms with E-state index >= 15 is 0 Å². The maximum Gasteiger partial charge on any atom is 0.0664 e. The Hall–Kier alpha value is -1.89. The topological polar surface area (TPSA) is 12.4 Å². The van der Waals surface area contributed by atoms with Gasteiger partial charge in [-0.1, -0.05) is 42.5 Å². The lowest BCUT2D eigenvalue weighted by atomic mass is 9.98. The van der Waals surface area contributed by atoms with Crippen molar-refractivity contribution in [1.29, 1.82) is 0 Å². The van der Waals surface area contributed by atoms with Crippen molar-refractivity contribution in [2.24, 2.45) is 4.99 Å². The third kappa shape index (κ3) is 2.14. The lowest BCUT2D eigenvalue weighted by Gasteiger charge is -2.07. The quantitative estimate of drug-likeness (QED) is 0.749. The van der Waals surface area contributed by atoms with E-state index in [1.807, 2.05) is 6.21 Å². The van der Waals surface area contributed by atoms with Crippen LogP contribution in [0.25, 0.3) is 0 Å². The van der Waals surface area contributed by atoms with Gasteiger partial charge in [0.2, 0.25) is 0 Å². The number of aryl methyl sites for hydroxylation is 2. The summed E-state index contributed by atoms with van der Waals surface area (Å²) in [6.07, 6.45) is 5.23. The summed E-state index contributed by atoms with van der Waals surface area (Å²) in [4.78, 5) is 4.39. The number of benzene rings is 2. The van der Waals surface area contributed by atoms with Crippen molar-refractivity contribution in [2.45, 2.75) is 19.3 Å². The summed E-state index contributed by atoms with van der Waals surface area (Å²) >= 11 is 0. The molecule has 2 aromatic carbocycles. The van der Waals surface area contributed by atoms with E-state index in [4.69, 9.17) is 0 Å². The summed E-state index contributed by atoms with van der Waals surface area (Å²) in [5.74, 6) is 0. The molecule has 0 spiro atoms. The van der Waals surface area contributed by atoms with Crippen LogP contribution in [-0.2, 0) is 19.3 Å². The molecule has 0 atom stereocenters. The second-order valence-corrected chi connectivity index (χ2v) is 4.42. The van der Waals surface area contributed by atoms with Crippen LogP contribution in [0.4, 0.5) is 5.69 Å². The number of hydrogen-bond donors (Lipinski definition) is 0. The summed E-state index contributed by atoms with van der Waals surface area (Å²) < 4.78 is 0. The fraction of sp³-hybridized carbons (Fsp3) is 0.188. The van der Waals surface area contributed by atoms with E-state index in [2.05, 4.69) is 53.5 Å². The van der Waals surface area contributed by atoms with Crippen LogP contribution >= 0.6 is 0 Å². The first-order valence-corrected chi connectivity index (χ1v) is 6.11. The van der Waals surface area contributed by atoms with Gasteiger partial charge in [-0.25, -0.2) is 0 Å². The van der Waals surface area contributed by atoms with Crippen LogP contribution in [0.1, 0.15) is 16.7 Å². The molecule has 3 rings (SSSR count). The number of aliphatic imine (C=N–C) groups is 1. The van der Waals surface area contributed by atoms with Gasteiger partial charge < -0.3 is 0 Å². The van der Waals surface area contributed by atoms with E-state index < -0.39 is 0 Å². The van der Waals surface area contributed by atoms with Gasteiger partial charge >= 0.3 is 0 Å². The lowest BCUT2D eigenvalue weighted by molar-refractivity contribution is 0.948. The summed E-state index contributed by atoms with van der Waals surface area (Å²) in [6, 6.07) is 17.1. The maximum absolute atomic E-state index is 4.39. The van der Waals surface area contributed by atoms with E-state index in [9.17, 15) is 0 Å². The molecule has 17 heavy (non-hydrogen) atoms. The predicted molar refractivity (Wildman–Crippen MR) is 72.1 cm³/mol. The first-order chi connectivity index (χ1) is 8.43. The average molecular weight is 221 g/mol. The summed E-state index contributed by atoms with van der Waals surface area (Å²) in [7, 11) is 0. The molecule has 0 radical (unpaired) electrons. The van der Waals surface area contributed by atoms with Crippen LogP contribution in [0, 0.1) is 0 Å². The minimum Gasteiger partial charge on any atom is -0.261 e. The molecule has 0 bridgehead atoms. The zero-order valence-corrected chi connectivity index (χ0v) is 9.76. The minimum absolute atomic E-state index is 1.00.